The number of H-pyrrole nitrogens is 1. The molecule has 7 nitrogen and oxygen atoms in total. The van der Waals surface area contributed by atoms with E-state index in [1.54, 1.807) is 0 Å². The van der Waals surface area contributed by atoms with E-state index in [2.05, 4.69) is 31.5 Å². The van der Waals surface area contributed by atoms with E-state index in [0.29, 0.717) is 0 Å². The number of fused-ring (bicyclic) bond motifs is 1. The van der Waals surface area contributed by atoms with Crippen molar-refractivity contribution in [2.45, 2.75) is 49.9 Å². The molecule has 5 rings (SSSR count). The van der Waals surface area contributed by atoms with Gasteiger partial charge < -0.3 is 14.8 Å². The molecule has 2 atom stereocenters. The van der Waals surface area contributed by atoms with Crippen LogP contribution in [0.3, 0.4) is 0 Å². The molecule has 164 valence electrons. The summed E-state index contributed by atoms with van der Waals surface area (Å²) in [7, 11) is 0. The van der Waals surface area contributed by atoms with Gasteiger partial charge in [0.15, 0.2) is 0 Å². The van der Waals surface area contributed by atoms with E-state index in [4.69, 9.17) is 9.47 Å². The third-order valence-electron chi connectivity index (χ3n) is 5.84. The molecule has 10 heteroatoms. The van der Waals surface area contributed by atoms with Crippen molar-refractivity contribution in [2.75, 3.05) is 18.5 Å². The van der Waals surface area contributed by atoms with E-state index in [0.717, 1.165) is 48.5 Å². The number of ether oxygens (including phenoxy) is 2. The normalized spacial score (nSPS) is 22.3. The lowest BCUT2D eigenvalue weighted by atomic mass is 9.83. The van der Waals surface area contributed by atoms with Gasteiger partial charge in [-0.15, -0.1) is 0 Å². The minimum atomic E-state index is -4.59. The van der Waals surface area contributed by atoms with E-state index in [1.807, 2.05) is 18.2 Å². The van der Waals surface area contributed by atoms with Gasteiger partial charge in [-0.3, -0.25) is 5.10 Å². The Labute approximate surface area is 176 Å². The number of aromatic nitrogens is 4. The van der Waals surface area contributed by atoms with Crippen LogP contribution in [0.4, 0.5) is 19.1 Å². The van der Waals surface area contributed by atoms with E-state index in [1.165, 1.54) is 0 Å². The number of alkyl halides is 3. The summed E-state index contributed by atoms with van der Waals surface area (Å²) < 4.78 is 50.4. The second-order valence-corrected chi connectivity index (χ2v) is 8.05. The predicted molar refractivity (Wildman–Crippen MR) is 107 cm³/mol. The minimum absolute atomic E-state index is 0.0332. The van der Waals surface area contributed by atoms with Crippen LogP contribution < -0.4 is 10.1 Å². The fourth-order valence-corrected chi connectivity index (χ4v) is 4.21. The SMILES string of the molecule is FC(F)(F)c1cnc(N[C@H]2CCC[C@@H](c3n[nH]c4ccccc34)C2)nc1OC1COC1. The van der Waals surface area contributed by atoms with Crippen molar-refractivity contribution < 1.29 is 22.6 Å². The lowest BCUT2D eigenvalue weighted by Gasteiger charge is -2.30. The molecule has 0 spiro atoms. The molecule has 1 saturated carbocycles. The maximum Gasteiger partial charge on any atom is 0.423 e. The van der Waals surface area contributed by atoms with Crippen molar-refractivity contribution in [3.05, 3.63) is 41.7 Å². The van der Waals surface area contributed by atoms with Crippen LogP contribution in [0.15, 0.2) is 30.5 Å². The zero-order valence-electron chi connectivity index (χ0n) is 16.7. The molecule has 3 heterocycles. The highest BCUT2D eigenvalue weighted by molar-refractivity contribution is 5.81. The van der Waals surface area contributed by atoms with Gasteiger partial charge in [0, 0.05) is 23.5 Å². The summed E-state index contributed by atoms with van der Waals surface area (Å²) in [5, 5.41) is 11.9. The van der Waals surface area contributed by atoms with Crippen LogP contribution >= 0.6 is 0 Å². The summed E-state index contributed by atoms with van der Waals surface area (Å²) in [6.45, 7) is 0.512. The fraction of sp³-hybridized carbons (Fsp3) is 0.476. The Bertz CT molecular complexity index is 1070. The lowest BCUT2D eigenvalue weighted by molar-refractivity contribution is -0.142. The number of aromatic amines is 1. The summed E-state index contributed by atoms with van der Waals surface area (Å²) in [5.74, 6) is -0.0653. The summed E-state index contributed by atoms with van der Waals surface area (Å²) in [5.41, 5.74) is 1.05. The smallest absolute Gasteiger partial charge is 0.423 e. The van der Waals surface area contributed by atoms with Crippen LogP contribution in [0.25, 0.3) is 10.9 Å². The number of nitrogens with zero attached hydrogens (tertiary/aromatic N) is 3. The third kappa shape index (κ3) is 4.16. The average Bonchev–Trinajstić information content (AvgIpc) is 3.14. The Morgan fingerprint density at radius 2 is 2.00 bits per heavy atom. The van der Waals surface area contributed by atoms with Crippen molar-refractivity contribution in [2.24, 2.45) is 0 Å². The summed E-state index contributed by atoms with van der Waals surface area (Å²) in [6.07, 6.45) is -0.553. The standard InChI is InChI=1S/C21H22F3N5O2/c22-21(23,24)16-9-25-20(27-19(16)31-14-10-30-11-14)26-13-5-3-4-12(8-13)18-15-6-1-2-7-17(15)28-29-18/h1-2,6-7,9,12-14H,3-5,8,10-11H2,(H,28,29)(H,25,26,27)/t12-,13+/m1/s1. The second kappa shape index (κ2) is 7.99. The number of para-hydroxylation sites is 1. The van der Waals surface area contributed by atoms with Crippen LogP contribution in [0.2, 0.25) is 0 Å². The van der Waals surface area contributed by atoms with E-state index >= 15 is 0 Å². The number of anilines is 1. The zero-order chi connectivity index (χ0) is 21.4. The molecular formula is C21H22F3N5O2. The number of halogens is 3. The van der Waals surface area contributed by atoms with E-state index in [9.17, 15) is 13.2 Å². The summed E-state index contributed by atoms with van der Waals surface area (Å²) in [6, 6.07) is 8.04. The minimum Gasteiger partial charge on any atom is -0.469 e. The highest BCUT2D eigenvalue weighted by Crippen LogP contribution is 2.38. The van der Waals surface area contributed by atoms with E-state index in [-0.39, 0.29) is 31.1 Å². The molecule has 1 aliphatic heterocycles. The van der Waals surface area contributed by atoms with Crippen molar-refractivity contribution in [3.8, 4) is 5.88 Å². The second-order valence-electron chi connectivity index (χ2n) is 8.05. The molecule has 0 radical (unpaired) electrons. The van der Waals surface area contributed by atoms with Crippen molar-refractivity contribution in [1.29, 1.82) is 0 Å². The maximum atomic E-state index is 13.3. The molecule has 0 bridgehead atoms. The van der Waals surface area contributed by atoms with Crippen LogP contribution in [0.5, 0.6) is 5.88 Å². The van der Waals surface area contributed by atoms with Crippen molar-refractivity contribution in [3.63, 3.8) is 0 Å². The van der Waals surface area contributed by atoms with Gasteiger partial charge >= 0.3 is 6.18 Å². The number of hydrogen-bond donors (Lipinski definition) is 2. The van der Waals surface area contributed by atoms with Gasteiger partial charge in [-0.1, -0.05) is 24.6 Å². The zero-order valence-corrected chi connectivity index (χ0v) is 16.7. The molecule has 31 heavy (non-hydrogen) atoms. The molecule has 2 aromatic heterocycles. The maximum absolute atomic E-state index is 13.3. The van der Waals surface area contributed by atoms with Gasteiger partial charge in [-0.05, 0) is 25.3 Å². The first kappa shape index (κ1) is 20.0. The van der Waals surface area contributed by atoms with Crippen LogP contribution in [0, 0.1) is 0 Å². The largest absolute Gasteiger partial charge is 0.469 e. The topological polar surface area (TPSA) is 85.0 Å². The Morgan fingerprint density at radius 3 is 2.77 bits per heavy atom. The molecule has 0 unspecified atom stereocenters. The third-order valence-corrected chi connectivity index (χ3v) is 5.84. The number of nitrogens with one attached hydrogen (secondary N) is 2. The van der Waals surface area contributed by atoms with Gasteiger partial charge in [-0.2, -0.15) is 23.3 Å². The fourth-order valence-electron chi connectivity index (χ4n) is 4.21. The first-order valence-electron chi connectivity index (χ1n) is 10.4. The van der Waals surface area contributed by atoms with Crippen LogP contribution in [0.1, 0.15) is 42.9 Å². The molecule has 1 saturated heterocycles. The van der Waals surface area contributed by atoms with Crippen molar-refractivity contribution >= 4 is 16.9 Å². The van der Waals surface area contributed by atoms with Crippen LogP contribution in [-0.2, 0) is 10.9 Å². The first-order chi connectivity index (χ1) is 15.0. The quantitative estimate of drug-likeness (QED) is 0.625. The Kier molecular flexibility index (Phi) is 5.17. The number of rotatable bonds is 5. The average molecular weight is 433 g/mol. The van der Waals surface area contributed by atoms with Gasteiger partial charge in [0.25, 0.3) is 0 Å². The van der Waals surface area contributed by atoms with Crippen LogP contribution in [-0.4, -0.2) is 45.5 Å². The predicted octanol–water partition coefficient (Wildman–Crippen LogP) is 4.29. The highest BCUT2D eigenvalue weighted by atomic mass is 19.4. The van der Waals surface area contributed by atoms with Crippen molar-refractivity contribution in [1.82, 2.24) is 20.2 Å². The molecule has 1 aliphatic carbocycles. The lowest BCUT2D eigenvalue weighted by Crippen LogP contribution is -2.39. The monoisotopic (exact) mass is 433 g/mol. The van der Waals surface area contributed by atoms with Gasteiger partial charge in [0.2, 0.25) is 11.8 Å². The molecule has 2 aliphatic rings. The number of hydrogen-bond acceptors (Lipinski definition) is 6. The molecule has 3 aromatic rings. The first-order valence-corrected chi connectivity index (χ1v) is 10.4. The summed E-state index contributed by atoms with van der Waals surface area (Å²) in [4.78, 5) is 7.96. The summed E-state index contributed by atoms with van der Waals surface area (Å²) >= 11 is 0. The Morgan fingerprint density at radius 1 is 1.16 bits per heavy atom. The van der Waals surface area contributed by atoms with E-state index < -0.39 is 23.7 Å². The molecule has 0 amide bonds. The van der Waals surface area contributed by atoms with Gasteiger partial charge in [0.1, 0.15) is 11.7 Å². The molecular weight excluding hydrogens is 411 g/mol. The number of benzene rings is 1. The molecule has 2 N–H and O–H groups in total. The Hall–Kier alpha value is -2.88. The molecule has 2 fully saturated rings. The van der Waals surface area contributed by atoms with Gasteiger partial charge in [0.05, 0.1) is 24.4 Å². The highest BCUT2D eigenvalue weighted by Gasteiger charge is 2.38. The van der Waals surface area contributed by atoms with Gasteiger partial charge in [-0.25, -0.2) is 4.98 Å². The molecule has 1 aromatic carbocycles. The Balaban J connectivity index is 1.33.